The third-order valence-corrected chi connectivity index (χ3v) is 4.62. The van der Waals surface area contributed by atoms with Crippen molar-refractivity contribution in [1.29, 1.82) is 0 Å². The molecule has 1 aliphatic heterocycles. The summed E-state index contributed by atoms with van der Waals surface area (Å²) in [5.74, 6) is 0. The van der Waals surface area contributed by atoms with Crippen molar-refractivity contribution in [3.05, 3.63) is 0 Å². The number of hydrogen-bond donors (Lipinski definition) is 1. The van der Waals surface area contributed by atoms with E-state index in [1.54, 1.807) is 0 Å². The van der Waals surface area contributed by atoms with Crippen LogP contribution in [0, 0.1) is 0 Å². The third kappa shape index (κ3) is 3.69. The van der Waals surface area contributed by atoms with Crippen molar-refractivity contribution in [1.82, 2.24) is 0 Å². The van der Waals surface area contributed by atoms with Gasteiger partial charge in [0.25, 0.3) is 0 Å². The minimum Gasteiger partial charge on any atom is -0.372 e. The first-order valence-corrected chi connectivity index (χ1v) is 7.67. The highest BCUT2D eigenvalue weighted by Gasteiger charge is 2.40. The van der Waals surface area contributed by atoms with Crippen LogP contribution >= 0.6 is 0 Å². The molecule has 2 atom stereocenters. The summed E-state index contributed by atoms with van der Waals surface area (Å²) in [5.41, 5.74) is 6.37. The summed E-state index contributed by atoms with van der Waals surface area (Å²) in [4.78, 5) is 0. The van der Waals surface area contributed by atoms with E-state index >= 15 is 0 Å². The standard InChI is InChI=1S/C15H29NO/c1-2-6-13(16)7-8-14-9-12-15(17-14)10-4-3-5-11-15/h13-14H,2-12,16H2,1H3. The Hall–Kier alpha value is -0.0800. The van der Waals surface area contributed by atoms with Gasteiger partial charge in [-0.3, -0.25) is 0 Å². The Balaban J connectivity index is 1.70. The molecule has 2 heteroatoms. The van der Waals surface area contributed by atoms with Crippen LogP contribution in [0.5, 0.6) is 0 Å². The number of nitrogens with two attached hydrogens (primary N) is 1. The molecule has 17 heavy (non-hydrogen) atoms. The normalized spacial score (nSPS) is 29.6. The van der Waals surface area contributed by atoms with E-state index in [1.165, 1.54) is 57.8 Å². The van der Waals surface area contributed by atoms with Crippen LogP contribution in [0.15, 0.2) is 0 Å². The summed E-state index contributed by atoms with van der Waals surface area (Å²) in [5, 5.41) is 0. The molecule has 1 saturated carbocycles. The van der Waals surface area contributed by atoms with Crippen molar-refractivity contribution in [3.63, 3.8) is 0 Å². The van der Waals surface area contributed by atoms with Gasteiger partial charge in [0, 0.05) is 6.04 Å². The van der Waals surface area contributed by atoms with Crippen molar-refractivity contribution in [2.75, 3.05) is 0 Å². The monoisotopic (exact) mass is 239 g/mol. The van der Waals surface area contributed by atoms with Gasteiger partial charge < -0.3 is 10.5 Å². The number of rotatable bonds is 5. The van der Waals surface area contributed by atoms with Gasteiger partial charge in [0.15, 0.2) is 0 Å². The second-order valence-corrected chi connectivity index (χ2v) is 6.15. The molecule has 2 unspecified atom stereocenters. The van der Waals surface area contributed by atoms with Crippen LogP contribution in [0.1, 0.15) is 77.6 Å². The molecule has 0 radical (unpaired) electrons. The Kier molecular flexibility index (Phi) is 4.87. The zero-order valence-corrected chi connectivity index (χ0v) is 11.4. The van der Waals surface area contributed by atoms with Crippen molar-refractivity contribution in [2.24, 2.45) is 5.73 Å². The van der Waals surface area contributed by atoms with Crippen molar-refractivity contribution in [3.8, 4) is 0 Å². The van der Waals surface area contributed by atoms with Gasteiger partial charge in [0.1, 0.15) is 0 Å². The Bertz CT molecular complexity index is 223. The number of ether oxygens (including phenoxy) is 1. The predicted molar refractivity (Wildman–Crippen MR) is 72.0 cm³/mol. The maximum atomic E-state index is 6.36. The Morgan fingerprint density at radius 1 is 1.18 bits per heavy atom. The molecule has 0 amide bonds. The van der Waals surface area contributed by atoms with Crippen LogP contribution < -0.4 is 5.73 Å². The molecule has 2 fully saturated rings. The van der Waals surface area contributed by atoms with Gasteiger partial charge in [0.2, 0.25) is 0 Å². The van der Waals surface area contributed by atoms with Crippen molar-refractivity contribution >= 4 is 0 Å². The van der Waals surface area contributed by atoms with Crippen molar-refractivity contribution in [2.45, 2.75) is 95.3 Å². The third-order valence-electron chi connectivity index (χ3n) is 4.62. The fourth-order valence-electron chi connectivity index (χ4n) is 3.58. The summed E-state index contributed by atoms with van der Waals surface area (Å²) in [7, 11) is 0. The maximum Gasteiger partial charge on any atom is 0.0687 e. The molecule has 2 nitrogen and oxygen atoms in total. The molecule has 1 saturated heterocycles. The molecule has 0 bridgehead atoms. The minimum atomic E-state index is 0.289. The summed E-state index contributed by atoms with van der Waals surface area (Å²) < 4.78 is 6.36. The van der Waals surface area contributed by atoms with Gasteiger partial charge >= 0.3 is 0 Å². The second-order valence-electron chi connectivity index (χ2n) is 6.15. The molecular formula is C15H29NO. The van der Waals surface area contributed by atoms with Gasteiger partial charge in [-0.2, -0.15) is 0 Å². The van der Waals surface area contributed by atoms with E-state index in [9.17, 15) is 0 Å². The molecule has 100 valence electrons. The van der Waals surface area contributed by atoms with Gasteiger partial charge in [-0.25, -0.2) is 0 Å². The SMILES string of the molecule is CCCC(N)CCC1CCC2(CCCCC2)O1. The zero-order valence-electron chi connectivity index (χ0n) is 11.4. The molecule has 2 rings (SSSR count). The largest absolute Gasteiger partial charge is 0.372 e. The summed E-state index contributed by atoms with van der Waals surface area (Å²) in [6, 6.07) is 0.395. The first-order chi connectivity index (χ1) is 8.24. The Labute approximate surface area is 106 Å². The average Bonchev–Trinajstić information content (AvgIpc) is 2.71. The zero-order chi connectivity index (χ0) is 12.1. The van der Waals surface area contributed by atoms with Crippen LogP contribution in [0.25, 0.3) is 0 Å². The first kappa shape index (κ1) is 13.4. The smallest absolute Gasteiger partial charge is 0.0687 e. The van der Waals surface area contributed by atoms with Crippen LogP contribution in [0.3, 0.4) is 0 Å². The van der Waals surface area contributed by atoms with Crippen LogP contribution in [0.4, 0.5) is 0 Å². The first-order valence-electron chi connectivity index (χ1n) is 7.67. The molecule has 0 aromatic heterocycles. The molecule has 0 aromatic carbocycles. The second kappa shape index (κ2) is 6.19. The minimum absolute atomic E-state index is 0.289. The highest BCUT2D eigenvalue weighted by Crippen LogP contribution is 2.42. The van der Waals surface area contributed by atoms with Crippen LogP contribution in [-0.2, 0) is 4.74 Å². The van der Waals surface area contributed by atoms with Gasteiger partial charge in [-0.15, -0.1) is 0 Å². The molecule has 1 spiro atoms. The lowest BCUT2D eigenvalue weighted by atomic mass is 9.83. The molecule has 2 aliphatic rings. The van der Waals surface area contributed by atoms with E-state index in [4.69, 9.17) is 10.5 Å². The fraction of sp³-hybridized carbons (Fsp3) is 1.00. The van der Waals surface area contributed by atoms with E-state index in [-0.39, 0.29) is 5.60 Å². The van der Waals surface area contributed by atoms with Crippen LogP contribution in [-0.4, -0.2) is 17.7 Å². The van der Waals surface area contributed by atoms with E-state index in [0.29, 0.717) is 12.1 Å². The molecule has 1 heterocycles. The van der Waals surface area contributed by atoms with Gasteiger partial charge in [-0.05, 0) is 44.9 Å². The summed E-state index contributed by atoms with van der Waals surface area (Å²) in [6.07, 6.45) is 14.6. The summed E-state index contributed by atoms with van der Waals surface area (Å²) >= 11 is 0. The number of hydrogen-bond acceptors (Lipinski definition) is 2. The van der Waals surface area contributed by atoms with E-state index in [0.717, 1.165) is 12.8 Å². The summed E-state index contributed by atoms with van der Waals surface area (Å²) in [6.45, 7) is 2.21. The highest BCUT2D eigenvalue weighted by atomic mass is 16.5. The highest BCUT2D eigenvalue weighted by molar-refractivity contribution is 4.91. The molecular weight excluding hydrogens is 210 g/mol. The maximum absolute atomic E-state index is 6.36. The van der Waals surface area contributed by atoms with Gasteiger partial charge in [0.05, 0.1) is 11.7 Å². The lowest BCUT2D eigenvalue weighted by Gasteiger charge is -2.33. The Morgan fingerprint density at radius 3 is 2.65 bits per heavy atom. The molecule has 0 aromatic rings. The average molecular weight is 239 g/mol. The van der Waals surface area contributed by atoms with E-state index in [2.05, 4.69) is 6.92 Å². The van der Waals surface area contributed by atoms with Crippen LogP contribution in [0.2, 0.25) is 0 Å². The van der Waals surface area contributed by atoms with Gasteiger partial charge in [-0.1, -0.05) is 32.6 Å². The quantitative estimate of drug-likeness (QED) is 0.792. The van der Waals surface area contributed by atoms with E-state index < -0.39 is 0 Å². The van der Waals surface area contributed by atoms with E-state index in [1.807, 2.05) is 0 Å². The lowest BCUT2D eigenvalue weighted by molar-refractivity contribution is -0.0663. The Morgan fingerprint density at radius 2 is 1.94 bits per heavy atom. The van der Waals surface area contributed by atoms with Crippen molar-refractivity contribution < 1.29 is 4.74 Å². The fourth-order valence-corrected chi connectivity index (χ4v) is 3.58. The topological polar surface area (TPSA) is 35.2 Å². The predicted octanol–water partition coefficient (Wildman–Crippen LogP) is 3.78. The molecule has 1 aliphatic carbocycles. The molecule has 2 N–H and O–H groups in total. The lowest BCUT2D eigenvalue weighted by Crippen LogP contribution is -2.32.